The predicted octanol–water partition coefficient (Wildman–Crippen LogP) is 5.85. The Kier molecular flexibility index (Phi) is 7.69. The minimum atomic E-state index is 0.531. The number of aryl methyl sites for hydroxylation is 3. The van der Waals surface area contributed by atoms with Crippen LogP contribution in [0, 0.1) is 13.8 Å². The monoisotopic (exact) mass is 466 g/mol. The Balaban J connectivity index is 1.60. The van der Waals surface area contributed by atoms with E-state index in [4.69, 9.17) is 14.8 Å². The highest BCUT2D eigenvalue weighted by atomic mass is 79.9. The molecule has 0 fully saturated rings. The molecule has 0 aromatic carbocycles. The molecule has 0 bridgehead atoms. The summed E-state index contributed by atoms with van der Waals surface area (Å²) in [5, 5.41) is 4.19. The number of hydrogen-bond donors (Lipinski definition) is 0. The lowest BCUT2D eigenvalue weighted by Crippen LogP contribution is -2.02. The van der Waals surface area contributed by atoms with Crippen molar-refractivity contribution in [2.24, 2.45) is 5.16 Å². The van der Waals surface area contributed by atoms with Gasteiger partial charge in [-0.2, -0.15) is 0 Å². The van der Waals surface area contributed by atoms with E-state index in [9.17, 15) is 0 Å². The van der Waals surface area contributed by atoms with E-state index in [1.54, 1.807) is 0 Å². The maximum atomic E-state index is 5.49. The van der Waals surface area contributed by atoms with Gasteiger partial charge in [-0.1, -0.05) is 40.1 Å². The van der Waals surface area contributed by atoms with Crippen molar-refractivity contribution in [2.45, 2.75) is 47.0 Å². The Labute approximate surface area is 186 Å². The third-order valence-corrected chi connectivity index (χ3v) is 5.63. The van der Waals surface area contributed by atoms with Crippen LogP contribution in [-0.4, -0.2) is 27.3 Å². The van der Waals surface area contributed by atoms with Gasteiger partial charge in [0, 0.05) is 21.6 Å². The van der Waals surface area contributed by atoms with Crippen molar-refractivity contribution in [1.82, 2.24) is 15.0 Å². The van der Waals surface area contributed by atoms with Gasteiger partial charge in [0.25, 0.3) is 0 Å². The molecule has 0 unspecified atom stereocenters. The Hall–Kier alpha value is -2.60. The third-order valence-electron chi connectivity index (χ3n) is 4.80. The molecular weight excluding hydrogens is 440 g/mol. The Bertz CT molecular complexity index is 1050. The van der Waals surface area contributed by atoms with Gasteiger partial charge in [-0.05, 0) is 75.9 Å². The zero-order valence-electron chi connectivity index (χ0n) is 17.9. The zero-order valence-corrected chi connectivity index (χ0v) is 19.5. The number of rotatable bonds is 8. The Morgan fingerprint density at radius 2 is 1.83 bits per heavy atom. The molecule has 0 spiro atoms. The summed E-state index contributed by atoms with van der Waals surface area (Å²) in [7, 11) is 0. The van der Waals surface area contributed by atoms with Crippen LogP contribution in [0.25, 0.3) is 11.4 Å². The molecule has 6 heteroatoms. The van der Waals surface area contributed by atoms with Crippen LogP contribution in [0.2, 0.25) is 0 Å². The van der Waals surface area contributed by atoms with Crippen LogP contribution >= 0.6 is 15.9 Å². The second-order valence-corrected chi connectivity index (χ2v) is 8.07. The van der Waals surface area contributed by atoms with Gasteiger partial charge in [0.2, 0.25) is 0 Å². The van der Waals surface area contributed by atoms with E-state index in [0.717, 1.165) is 69.2 Å². The van der Waals surface area contributed by atoms with Crippen LogP contribution in [0.4, 0.5) is 0 Å². The van der Waals surface area contributed by atoms with Gasteiger partial charge < -0.3 is 4.84 Å². The fourth-order valence-corrected chi connectivity index (χ4v) is 3.51. The maximum absolute atomic E-state index is 5.49. The molecule has 0 amide bonds. The van der Waals surface area contributed by atoms with Gasteiger partial charge in [0.1, 0.15) is 12.3 Å². The summed E-state index contributed by atoms with van der Waals surface area (Å²) in [6.45, 7) is 8.58. The minimum Gasteiger partial charge on any atom is -0.396 e. The average molecular weight is 467 g/mol. The largest absolute Gasteiger partial charge is 0.396 e. The molecule has 3 heterocycles. The van der Waals surface area contributed by atoms with E-state index in [-0.39, 0.29) is 0 Å². The third kappa shape index (κ3) is 5.72. The van der Waals surface area contributed by atoms with E-state index < -0.39 is 0 Å². The summed E-state index contributed by atoms with van der Waals surface area (Å²) in [5.41, 5.74) is 7.61. The van der Waals surface area contributed by atoms with E-state index >= 15 is 0 Å². The average Bonchev–Trinajstić information content (AvgIpc) is 2.75. The minimum absolute atomic E-state index is 0.531. The molecule has 0 saturated heterocycles. The Morgan fingerprint density at radius 1 is 1.03 bits per heavy atom. The van der Waals surface area contributed by atoms with Crippen molar-refractivity contribution in [1.29, 1.82) is 0 Å². The number of aromatic nitrogens is 3. The molecule has 3 aromatic heterocycles. The summed E-state index contributed by atoms with van der Waals surface area (Å²) in [4.78, 5) is 19.6. The fourth-order valence-electron chi connectivity index (χ4n) is 3.06. The lowest BCUT2D eigenvalue weighted by atomic mass is 10.1. The van der Waals surface area contributed by atoms with Crippen molar-refractivity contribution in [2.75, 3.05) is 6.61 Å². The van der Waals surface area contributed by atoms with Crippen LogP contribution < -0.4 is 0 Å². The van der Waals surface area contributed by atoms with Gasteiger partial charge >= 0.3 is 0 Å². The molecule has 3 aromatic rings. The van der Waals surface area contributed by atoms with Gasteiger partial charge in [-0.25, -0.2) is 0 Å². The number of hydrogen-bond acceptors (Lipinski definition) is 5. The molecule has 30 heavy (non-hydrogen) atoms. The summed E-state index contributed by atoms with van der Waals surface area (Å²) in [6.07, 6.45) is 2.54. The summed E-state index contributed by atoms with van der Waals surface area (Å²) in [5.74, 6) is 0. The summed E-state index contributed by atoms with van der Waals surface area (Å²) >= 11 is 3.64. The molecule has 0 N–H and O–H groups in total. The number of nitrogens with zero attached hydrogens (tertiary/aromatic N) is 4. The van der Waals surface area contributed by atoms with Crippen molar-refractivity contribution >= 4 is 21.6 Å². The van der Waals surface area contributed by atoms with Crippen LogP contribution in [0.5, 0.6) is 0 Å². The van der Waals surface area contributed by atoms with E-state index in [1.807, 2.05) is 50.2 Å². The topological polar surface area (TPSA) is 60.3 Å². The zero-order chi connectivity index (χ0) is 21.5. The highest BCUT2D eigenvalue weighted by Gasteiger charge is 2.11. The highest BCUT2D eigenvalue weighted by Crippen LogP contribution is 2.27. The lowest BCUT2D eigenvalue weighted by Gasteiger charge is -2.10. The number of oxime groups is 1. The SMILES string of the molecule is CCc1cc(Br)c(C)c(-c2cccc(CCCON=C(C)c3cccc(C)n3)n2)n1. The van der Waals surface area contributed by atoms with E-state index in [1.165, 1.54) is 0 Å². The van der Waals surface area contributed by atoms with Crippen LogP contribution in [0.3, 0.4) is 0 Å². The second kappa shape index (κ2) is 10.4. The van der Waals surface area contributed by atoms with E-state index in [0.29, 0.717) is 6.61 Å². The highest BCUT2D eigenvalue weighted by molar-refractivity contribution is 9.10. The molecule has 0 aliphatic carbocycles. The molecule has 156 valence electrons. The lowest BCUT2D eigenvalue weighted by molar-refractivity contribution is 0.141. The summed E-state index contributed by atoms with van der Waals surface area (Å²) in [6, 6.07) is 14.1. The van der Waals surface area contributed by atoms with Crippen LogP contribution in [0.15, 0.2) is 52.1 Å². The van der Waals surface area contributed by atoms with Crippen molar-refractivity contribution in [3.8, 4) is 11.4 Å². The van der Waals surface area contributed by atoms with Crippen molar-refractivity contribution in [3.63, 3.8) is 0 Å². The predicted molar refractivity (Wildman–Crippen MR) is 125 cm³/mol. The smallest absolute Gasteiger partial charge is 0.117 e. The first-order valence-electron chi connectivity index (χ1n) is 10.2. The van der Waals surface area contributed by atoms with Crippen molar-refractivity contribution < 1.29 is 4.84 Å². The summed E-state index contributed by atoms with van der Waals surface area (Å²) < 4.78 is 1.07. The molecule has 0 saturated carbocycles. The standard InChI is InChI=1S/C24H27BrN4O/c1-5-19-15-21(25)17(3)24(28-19)23-13-7-10-20(27-23)11-8-14-30-29-18(4)22-12-6-9-16(2)26-22/h6-7,9-10,12-13,15H,5,8,11,14H2,1-4H3. The number of halogens is 1. The van der Waals surface area contributed by atoms with Gasteiger partial charge in [-0.3, -0.25) is 15.0 Å². The first-order chi connectivity index (χ1) is 14.5. The van der Waals surface area contributed by atoms with Gasteiger partial charge in [0.05, 0.1) is 17.1 Å². The number of pyridine rings is 3. The Morgan fingerprint density at radius 3 is 2.60 bits per heavy atom. The fraction of sp³-hybridized carbons (Fsp3) is 0.333. The molecule has 0 radical (unpaired) electrons. The van der Waals surface area contributed by atoms with E-state index in [2.05, 4.69) is 46.0 Å². The molecule has 0 aliphatic rings. The molecule has 3 rings (SSSR count). The van der Waals surface area contributed by atoms with Crippen LogP contribution in [-0.2, 0) is 17.7 Å². The quantitative estimate of drug-likeness (QED) is 0.237. The molecular formula is C24H27BrN4O. The van der Waals surface area contributed by atoms with Crippen LogP contribution in [0.1, 0.15) is 48.6 Å². The normalized spacial score (nSPS) is 11.6. The molecule has 0 atom stereocenters. The molecule has 0 aliphatic heterocycles. The maximum Gasteiger partial charge on any atom is 0.117 e. The first kappa shape index (κ1) is 22.1. The van der Waals surface area contributed by atoms with Crippen molar-refractivity contribution in [3.05, 3.63) is 75.3 Å². The second-order valence-electron chi connectivity index (χ2n) is 7.21. The molecule has 5 nitrogen and oxygen atoms in total. The first-order valence-corrected chi connectivity index (χ1v) is 11.0. The van der Waals surface area contributed by atoms with Gasteiger partial charge in [0.15, 0.2) is 0 Å². The van der Waals surface area contributed by atoms with Gasteiger partial charge in [-0.15, -0.1) is 0 Å².